The van der Waals surface area contributed by atoms with Crippen molar-refractivity contribution in [2.75, 3.05) is 30.3 Å². The Morgan fingerprint density at radius 2 is 1.75 bits per heavy atom. The van der Waals surface area contributed by atoms with E-state index in [0.717, 1.165) is 19.5 Å². The molecule has 0 saturated carbocycles. The lowest BCUT2D eigenvalue weighted by molar-refractivity contribution is -0.0451. The summed E-state index contributed by atoms with van der Waals surface area (Å²) in [6.07, 6.45) is -1.53. The summed E-state index contributed by atoms with van der Waals surface area (Å²) in [5.41, 5.74) is 3.31. The van der Waals surface area contributed by atoms with E-state index in [2.05, 4.69) is 55.3 Å². The summed E-state index contributed by atoms with van der Waals surface area (Å²) in [6.45, 7) is 4.17. The first-order chi connectivity index (χ1) is 21.6. The fourth-order valence-electron chi connectivity index (χ4n) is 5.87. The highest BCUT2D eigenvalue weighted by Crippen LogP contribution is 2.40. The number of aromatic nitrogens is 6. The number of ether oxygens (including phenoxy) is 1. The number of aliphatic hydroxyl groups is 2. The number of aryl methyl sites for hydroxylation is 1. The van der Waals surface area contributed by atoms with Gasteiger partial charge in [-0.1, -0.05) is 72.7 Å². The van der Waals surface area contributed by atoms with Gasteiger partial charge in [0.1, 0.15) is 12.2 Å². The summed E-state index contributed by atoms with van der Waals surface area (Å²) < 4.78 is 13.1. The summed E-state index contributed by atoms with van der Waals surface area (Å²) in [5, 5.41) is 36.2. The zero-order valence-electron chi connectivity index (χ0n) is 24.2. The molecule has 0 spiro atoms. The molecule has 2 fully saturated rings. The predicted molar refractivity (Wildman–Crippen MR) is 162 cm³/mol. The lowest BCUT2D eigenvalue weighted by Crippen LogP contribution is -2.29. The fourth-order valence-corrected chi connectivity index (χ4v) is 5.87. The second-order valence-corrected chi connectivity index (χ2v) is 11.1. The van der Waals surface area contributed by atoms with Gasteiger partial charge < -0.3 is 35.4 Å². The molecule has 5 atom stereocenters. The van der Waals surface area contributed by atoms with E-state index in [9.17, 15) is 10.2 Å². The molecule has 0 aliphatic carbocycles. The van der Waals surface area contributed by atoms with E-state index in [1.807, 2.05) is 43.3 Å². The van der Waals surface area contributed by atoms with Crippen LogP contribution in [0.5, 0.6) is 0 Å². The number of benzene rings is 2. The summed E-state index contributed by atoms with van der Waals surface area (Å²) in [6, 6.07) is 20.8. The first-order valence-electron chi connectivity index (χ1n) is 15.0. The molecule has 7 rings (SSSR count). The van der Waals surface area contributed by atoms with Gasteiger partial charge in [0.25, 0.3) is 5.89 Å². The van der Waals surface area contributed by atoms with Gasteiger partial charge in [-0.3, -0.25) is 4.57 Å². The first-order valence-corrected chi connectivity index (χ1v) is 15.0. The molecule has 0 bridgehead atoms. The van der Waals surface area contributed by atoms with Crippen LogP contribution < -0.4 is 16.0 Å². The molecule has 44 heavy (non-hydrogen) atoms. The summed E-state index contributed by atoms with van der Waals surface area (Å²) >= 11 is 0. The van der Waals surface area contributed by atoms with Gasteiger partial charge in [0.2, 0.25) is 5.95 Å². The van der Waals surface area contributed by atoms with Crippen molar-refractivity contribution in [3.63, 3.8) is 0 Å². The molecule has 0 unspecified atom stereocenters. The van der Waals surface area contributed by atoms with Crippen LogP contribution in [0.25, 0.3) is 11.2 Å². The van der Waals surface area contributed by atoms with Crippen molar-refractivity contribution >= 4 is 22.9 Å². The van der Waals surface area contributed by atoms with Crippen molar-refractivity contribution in [1.82, 2.24) is 35.0 Å². The molecule has 2 saturated heterocycles. The summed E-state index contributed by atoms with van der Waals surface area (Å²) in [5.74, 6) is 1.64. The van der Waals surface area contributed by atoms with Gasteiger partial charge in [-0.05, 0) is 24.1 Å². The van der Waals surface area contributed by atoms with Gasteiger partial charge in [-0.2, -0.15) is 15.0 Å². The number of nitrogens with one attached hydrogen (secondary N) is 3. The molecule has 0 amide bonds. The Kier molecular flexibility index (Phi) is 7.91. The number of anilines is 2. The highest BCUT2D eigenvalue weighted by atomic mass is 16.6. The molecule has 2 aromatic carbocycles. The molecule has 5 aromatic rings. The van der Waals surface area contributed by atoms with E-state index in [4.69, 9.17) is 19.2 Å². The smallest absolute Gasteiger partial charge is 0.258 e. The highest BCUT2D eigenvalue weighted by molar-refractivity contribution is 5.84. The Labute approximate surface area is 253 Å². The second-order valence-electron chi connectivity index (χ2n) is 11.1. The SMILES string of the molecule is CCc1noc([C@H]2O[C@@H](n3cnc4c(NCC(c5ccccc5)c5ccccc5)nc(N[C@@H]5CCNC5)nc43)[C@H](O)[C@@H]2O)n1. The zero-order valence-corrected chi connectivity index (χ0v) is 24.2. The minimum atomic E-state index is -1.29. The molecular weight excluding hydrogens is 562 g/mol. The Balaban J connectivity index is 1.23. The molecule has 2 aliphatic rings. The largest absolute Gasteiger partial charge is 0.387 e. The standard InChI is InChI=1S/C31H35N9O4/c1-2-22-36-29(44-39-22)26-24(41)25(42)30(43-26)40-17-34-23-27(37-31(38-28(23)40)35-20-13-14-32-15-20)33-16-21(18-9-5-3-6-10-18)19-11-7-4-8-12-19/h3-12,17,20-21,24-26,30,32,41-42H,2,13-16H2,1H3,(H2,33,35,37,38)/t20-,24+,25-,26+,30-/m1/s1. The third-order valence-corrected chi connectivity index (χ3v) is 8.25. The van der Waals surface area contributed by atoms with Crippen LogP contribution in [0.1, 0.15) is 54.4 Å². The average molecular weight is 598 g/mol. The fraction of sp³-hybridized carbons (Fsp3) is 0.387. The first kappa shape index (κ1) is 28.3. The second kappa shape index (κ2) is 12.3. The molecule has 5 heterocycles. The molecule has 228 valence electrons. The number of fused-ring (bicyclic) bond motifs is 1. The van der Waals surface area contributed by atoms with Crippen LogP contribution in [-0.4, -0.2) is 77.8 Å². The van der Waals surface area contributed by atoms with Gasteiger partial charge in [0, 0.05) is 31.5 Å². The highest BCUT2D eigenvalue weighted by Gasteiger charge is 2.47. The minimum Gasteiger partial charge on any atom is -0.387 e. The molecule has 2 aliphatic heterocycles. The number of hydrogen-bond acceptors (Lipinski definition) is 12. The average Bonchev–Trinajstić information content (AvgIpc) is 3.87. The number of imidazole rings is 1. The molecular formula is C31H35N9O4. The van der Waals surface area contributed by atoms with Crippen molar-refractivity contribution in [1.29, 1.82) is 0 Å². The molecule has 5 N–H and O–H groups in total. The van der Waals surface area contributed by atoms with Crippen molar-refractivity contribution < 1.29 is 19.5 Å². The molecule has 13 heteroatoms. The van der Waals surface area contributed by atoms with Crippen molar-refractivity contribution in [3.8, 4) is 0 Å². The van der Waals surface area contributed by atoms with Crippen LogP contribution in [0.4, 0.5) is 11.8 Å². The maximum absolute atomic E-state index is 11.1. The third kappa shape index (κ3) is 5.50. The van der Waals surface area contributed by atoms with Crippen LogP contribution in [0.3, 0.4) is 0 Å². The number of aliphatic hydroxyl groups excluding tert-OH is 2. The number of hydrogen-bond donors (Lipinski definition) is 5. The van der Waals surface area contributed by atoms with Crippen LogP contribution in [0.2, 0.25) is 0 Å². The summed E-state index contributed by atoms with van der Waals surface area (Å²) in [7, 11) is 0. The van der Waals surface area contributed by atoms with Crippen LogP contribution in [0.15, 0.2) is 71.5 Å². The number of nitrogens with zero attached hydrogens (tertiary/aromatic N) is 6. The Bertz CT molecular complexity index is 1650. The third-order valence-electron chi connectivity index (χ3n) is 8.25. The normalized spacial score (nSPS) is 23.5. The molecule has 13 nitrogen and oxygen atoms in total. The van der Waals surface area contributed by atoms with Crippen molar-refractivity contribution in [3.05, 3.63) is 89.8 Å². The number of rotatable bonds is 10. The van der Waals surface area contributed by atoms with Crippen LogP contribution in [-0.2, 0) is 11.2 Å². The maximum atomic E-state index is 11.1. The summed E-state index contributed by atoms with van der Waals surface area (Å²) in [4.78, 5) is 18.6. The zero-order chi connectivity index (χ0) is 30.0. The van der Waals surface area contributed by atoms with Crippen LogP contribution >= 0.6 is 0 Å². The van der Waals surface area contributed by atoms with Gasteiger partial charge in [0.15, 0.2) is 35.1 Å². The monoisotopic (exact) mass is 597 g/mol. The lowest BCUT2D eigenvalue weighted by atomic mass is 9.91. The Morgan fingerprint density at radius 1 is 1.00 bits per heavy atom. The molecule has 3 aromatic heterocycles. The van der Waals surface area contributed by atoms with E-state index in [1.165, 1.54) is 11.1 Å². The molecule has 0 radical (unpaired) electrons. The van der Waals surface area contributed by atoms with Gasteiger partial charge in [0.05, 0.1) is 6.33 Å². The van der Waals surface area contributed by atoms with E-state index < -0.39 is 24.5 Å². The minimum absolute atomic E-state index is 0.0539. The van der Waals surface area contributed by atoms with E-state index >= 15 is 0 Å². The van der Waals surface area contributed by atoms with E-state index in [0.29, 0.717) is 41.7 Å². The quantitative estimate of drug-likeness (QED) is 0.160. The van der Waals surface area contributed by atoms with Gasteiger partial charge in [-0.15, -0.1) is 0 Å². The maximum Gasteiger partial charge on any atom is 0.258 e. The Hall–Kier alpha value is -4.43. The predicted octanol–water partition coefficient (Wildman–Crippen LogP) is 2.78. The lowest BCUT2D eigenvalue weighted by Gasteiger charge is -2.20. The van der Waals surface area contributed by atoms with E-state index in [-0.39, 0.29) is 17.9 Å². The Morgan fingerprint density at radius 3 is 2.41 bits per heavy atom. The van der Waals surface area contributed by atoms with Crippen molar-refractivity contribution in [2.45, 2.75) is 56.3 Å². The van der Waals surface area contributed by atoms with Crippen molar-refractivity contribution in [2.24, 2.45) is 0 Å². The van der Waals surface area contributed by atoms with Gasteiger partial charge >= 0.3 is 0 Å². The van der Waals surface area contributed by atoms with Crippen LogP contribution in [0, 0.1) is 0 Å². The van der Waals surface area contributed by atoms with Gasteiger partial charge in [-0.25, -0.2) is 4.98 Å². The topological polar surface area (TPSA) is 168 Å². The van der Waals surface area contributed by atoms with E-state index in [1.54, 1.807) is 10.9 Å².